The number of nitrogens with zero attached hydrogens (tertiary/aromatic N) is 2. The van der Waals surface area contributed by atoms with Crippen LogP contribution in [0.3, 0.4) is 0 Å². The van der Waals surface area contributed by atoms with Crippen molar-refractivity contribution in [2.24, 2.45) is 0 Å². The molecular formula is C16H21F3N4. The van der Waals surface area contributed by atoms with E-state index in [2.05, 4.69) is 10.3 Å². The number of nitrogen functional groups attached to an aromatic ring is 1. The van der Waals surface area contributed by atoms with Gasteiger partial charge in [0.05, 0.1) is 6.33 Å². The van der Waals surface area contributed by atoms with E-state index in [0.29, 0.717) is 12.2 Å². The van der Waals surface area contributed by atoms with Crippen LogP contribution in [0.1, 0.15) is 31.9 Å². The molecule has 2 rings (SSSR count). The molecule has 0 amide bonds. The first-order valence-corrected chi connectivity index (χ1v) is 7.35. The van der Waals surface area contributed by atoms with E-state index in [9.17, 15) is 13.2 Å². The third-order valence-corrected chi connectivity index (χ3v) is 3.85. The van der Waals surface area contributed by atoms with E-state index in [-0.39, 0.29) is 17.6 Å². The second-order valence-corrected chi connectivity index (χ2v) is 6.11. The SMILES string of the molecule is CC(C)(CCN[C@@H](c1ccccc1)C(F)(F)F)n1cnc(N)c1. The molecule has 0 unspecified atom stereocenters. The van der Waals surface area contributed by atoms with Crippen molar-refractivity contribution in [2.75, 3.05) is 12.3 Å². The Morgan fingerprint density at radius 1 is 1.22 bits per heavy atom. The first-order chi connectivity index (χ1) is 10.7. The fourth-order valence-electron chi connectivity index (χ4n) is 2.39. The molecule has 2 aromatic rings. The second kappa shape index (κ2) is 6.62. The molecule has 1 aromatic heterocycles. The lowest BCUT2D eigenvalue weighted by Gasteiger charge is -2.28. The van der Waals surface area contributed by atoms with Gasteiger partial charge in [-0.15, -0.1) is 0 Å². The summed E-state index contributed by atoms with van der Waals surface area (Å²) in [5.41, 5.74) is 5.42. The van der Waals surface area contributed by atoms with Crippen molar-refractivity contribution in [3.63, 3.8) is 0 Å². The van der Waals surface area contributed by atoms with Gasteiger partial charge in [-0.05, 0) is 32.4 Å². The van der Waals surface area contributed by atoms with E-state index >= 15 is 0 Å². The molecule has 1 atom stereocenters. The highest BCUT2D eigenvalue weighted by molar-refractivity contribution is 5.23. The van der Waals surface area contributed by atoms with Gasteiger partial charge in [0.1, 0.15) is 11.9 Å². The molecule has 23 heavy (non-hydrogen) atoms. The summed E-state index contributed by atoms with van der Waals surface area (Å²) in [6, 6.07) is 6.19. The van der Waals surface area contributed by atoms with Crippen LogP contribution in [0, 0.1) is 0 Å². The maximum atomic E-state index is 13.3. The number of benzene rings is 1. The summed E-state index contributed by atoms with van der Waals surface area (Å²) >= 11 is 0. The van der Waals surface area contributed by atoms with E-state index in [1.54, 1.807) is 30.7 Å². The van der Waals surface area contributed by atoms with Crippen molar-refractivity contribution in [1.29, 1.82) is 0 Å². The van der Waals surface area contributed by atoms with Crippen LogP contribution in [-0.4, -0.2) is 22.3 Å². The third-order valence-electron chi connectivity index (χ3n) is 3.85. The molecule has 0 spiro atoms. The summed E-state index contributed by atoms with van der Waals surface area (Å²) in [7, 11) is 0. The topological polar surface area (TPSA) is 55.9 Å². The van der Waals surface area contributed by atoms with Crippen LogP contribution < -0.4 is 11.1 Å². The Bertz CT molecular complexity index is 620. The van der Waals surface area contributed by atoms with E-state index in [0.717, 1.165) is 0 Å². The molecule has 1 aromatic carbocycles. The molecule has 0 aliphatic heterocycles. The number of nitrogens with two attached hydrogens (primary N) is 1. The highest BCUT2D eigenvalue weighted by Crippen LogP contribution is 2.32. The van der Waals surface area contributed by atoms with Crippen molar-refractivity contribution in [2.45, 2.75) is 38.0 Å². The van der Waals surface area contributed by atoms with Gasteiger partial charge in [-0.3, -0.25) is 0 Å². The quantitative estimate of drug-likeness (QED) is 0.854. The second-order valence-electron chi connectivity index (χ2n) is 6.11. The third kappa shape index (κ3) is 4.48. The molecule has 0 aliphatic carbocycles. The van der Waals surface area contributed by atoms with Crippen molar-refractivity contribution in [1.82, 2.24) is 14.9 Å². The number of nitrogens with one attached hydrogen (secondary N) is 1. The molecule has 0 radical (unpaired) electrons. The summed E-state index contributed by atoms with van der Waals surface area (Å²) < 4.78 is 41.6. The van der Waals surface area contributed by atoms with Crippen LogP contribution in [0.15, 0.2) is 42.9 Å². The Morgan fingerprint density at radius 2 is 1.87 bits per heavy atom. The molecule has 0 aliphatic rings. The minimum atomic E-state index is -4.34. The maximum Gasteiger partial charge on any atom is 0.407 e. The summed E-state index contributed by atoms with van der Waals surface area (Å²) in [4.78, 5) is 3.95. The molecule has 7 heteroatoms. The Balaban J connectivity index is 2.02. The lowest BCUT2D eigenvalue weighted by molar-refractivity contribution is -0.157. The minimum Gasteiger partial charge on any atom is -0.382 e. The standard InChI is InChI=1S/C16H21F3N4/c1-15(2,23-10-13(20)22-11-23)8-9-21-14(16(17,18)19)12-6-4-3-5-7-12/h3-7,10-11,14,21H,8-9,20H2,1-2H3/t14-/m0/s1. The number of halogens is 3. The first kappa shape index (κ1) is 17.3. The molecule has 126 valence electrons. The number of hydrogen-bond donors (Lipinski definition) is 2. The molecule has 3 N–H and O–H groups in total. The zero-order valence-electron chi connectivity index (χ0n) is 13.1. The van der Waals surface area contributed by atoms with E-state index in [1.807, 2.05) is 18.4 Å². The van der Waals surface area contributed by atoms with E-state index < -0.39 is 12.2 Å². The first-order valence-electron chi connectivity index (χ1n) is 7.35. The fourth-order valence-corrected chi connectivity index (χ4v) is 2.39. The molecule has 0 bridgehead atoms. The van der Waals surface area contributed by atoms with Crippen molar-refractivity contribution in [3.05, 3.63) is 48.4 Å². The zero-order valence-corrected chi connectivity index (χ0v) is 13.1. The molecule has 4 nitrogen and oxygen atoms in total. The summed E-state index contributed by atoms with van der Waals surface area (Å²) in [5.74, 6) is 0.392. The highest BCUT2D eigenvalue weighted by Gasteiger charge is 2.40. The largest absolute Gasteiger partial charge is 0.407 e. The molecule has 0 saturated carbocycles. The maximum absolute atomic E-state index is 13.3. The van der Waals surface area contributed by atoms with Crippen molar-refractivity contribution >= 4 is 5.82 Å². The molecule has 0 fully saturated rings. The van der Waals surface area contributed by atoms with Gasteiger partial charge in [-0.2, -0.15) is 13.2 Å². The van der Waals surface area contributed by atoms with Crippen LogP contribution in [0.2, 0.25) is 0 Å². The fraction of sp³-hybridized carbons (Fsp3) is 0.438. The average molecular weight is 326 g/mol. The van der Waals surface area contributed by atoms with Gasteiger partial charge in [-0.1, -0.05) is 30.3 Å². The van der Waals surface area contributed by atoms with Gasteiger partial charge < -0.3 is 15.6 Å². The molecule has 0 saturated heterocycles. The lowest BCUT2D eigenvalue weighted by Crippen LogP contribution is -2.37. The van der Waals surface area contributed by atoms with E-state index in [1.165, 1.54) is 12.1 Å². The van der Waals surface area contributed by atoms with Gasteiger partial charge >= 0.3 is 6.18 Å². The number of anilines is 1. The number of aromatic nitrogens is 2. The van der Waals surface area contributed by atoms with Gasteiger partial charge in [-0.25, -0.2) is 4.98 Å². The van der Waals surface area contributed by atoms with Gasteiger partial charge in [0.25, 0.3) is 0 Å². The summed E-state index contributed by atoms with van der Waals surface area (Å²) in [6.45, 7) is 4.08. The van der Waals surface area contributed by atoms with Gasteiger partial charge in [0.15, 0.2) is 0 Å². The Kier molecular flexibility index (Phi) is 4.99. The van der Waals surface area contributed by atoms with E-state index in [4.69, 9.17) is 5.73 Å². The summed E-state index contributed by atoms with van der Waals surface area (Å²) in [5, 5.41) is 2.62. The number of hydrogen-bond acceptors (Lipinski definition) is 3. The molecule has 1 heterocycles. The predicted molar refractivity (Wildman–Crippen MR) is 83.8 cm³/mol. The Hall–Kier alpha value is -2.02. The molecular weight excluding hydrogens is 305 g/mol. The average Bonchev–Trinajstić information content (AvgIpc) is 2.91. The number of alkyl halides is 3. The van der Waals surface area contributed by atoms with Crippen LogP contribution in [0.4, 0.5) is 19.0 Å². The monoisotopic (exact) mass is 326 g/mol. The number of rotatable bonds is 6. The lowest BCUT2D eigenvalue weighted by atomic mass is 9.99. The van der Waals surface area contributed by atoms with Crippen molar-refractivity contribution in [3.8, 4) is 0 Å². The Morgan fingerprint density at radius 3 is 2.39 bits per heavy atom. The van der Waals surface area contributed by atoms with Gasteiger partial charge in [0, 0.05) is 11.7 Å². The smallest absolute Gasteiger partial charge is 0.382 e. The minimum absolute atomic E-state index is 0.212. The number of imidazole rings is 1. The van der Waals surface area contributed by atoms with Gasteiger partial charge in [0.2, 0.25) is 0 Å². The normalized spacial score (nSPS) is 14.0. The summed E-state index contributed by atoms with van der Waals surface area (Å²) in [6.07, 6.45) is -0.570. The predicted octanol–water partition coefficient (Wildman–Crippen LogP) is 3.48. The zero-order chi connectivity index (χ0) is 17.1. The highest BCUT2D eigenvalue weighted by atomic mass is 19.4. The van der Waals surface area contributed by atoms with Crippen molar-refractivity contribution < 1.29 is 13.2 Å². The Labute approximate surface area is 133 Å². The van der Waals surface area contributed by atoms with Crippen LogP contribution in [0.5, 0.6) is 0 Å². The van der Waals surface area contributed by atoms with Crippen LogP contribution >= 0.6 is 0 Å². The van der Waals surface area contributed by atoms with Crippen LogP contribution in [0.25, 0.3) is 0 Å². The van der Waals surface area contributed by atoms with Crippen LogP contribution in [-0.2, 0) is 5.54 Å².